The second kappa shape index (κ2) is 3.79. The minimum atomic E-state index is -0.528. The summed E-state index contributed by atoms with van der Waals surface area (Å²) in [6.07, 6.45) is 0. The Morgan fingerprint density at radius 1 is 0.833 bits per heavy atom. The zero-order chi connectivity index (χ0) is 12.9. The van der Waals surface area contributed by atoms with Gasteiger partial charge in [-0.05, 0) is 12.1 Å². The Hall–Kier alpha value is -1.92. The normalized spacial score (nSPS) is 13.2. The molecule has 0 saturated heterocycles. The highest BCUT2D eigenvalue weighted by Crippen LogP contribution is 2.46. The van der Waals surface area contributed by atoms with Crippen LogP contribution < -0.4 is 20.0 Å². The molecule has 1 aliphatic rings. The summed E-state index contributed by atoms with van der Waals surface area (Å²) in [6, 6.07) is 6.90. The van der Waals surface area contributed by atoms with Crippen molar-refractivity contribution < 1.29 is 0 Å². The Balaban J connectivity index is 2.41. The van der Waals surface area contributed by atoms with Crippen molar-refractivity contribution in [1.29, 1.82) is 0 Å². The number of fused-ring (bicyclic) bond motifs is 2. The average molecular weight is 285 g/mol. The quantitative estimate of drug-likeness (QED) is 0.726. The molecule has 2 heterocycles. The Morgan fingerprint density at radius 3 is 1.61 bits per heavy atom. The lowest BCUT2D eigenvalue weighted by molar-refractivity contribution is 0.943. The third-order valence-corrected chi connectivity index (χ3v) is 3.34. The third kappa shape index (κ3) is 1.36. The molecule has 2 N–H and O–H groups in total. The molecule has 18 heavy (non-hydrogen) atoms. The van der Waals surface area contributed by atoms with E-state index in [9.17, 15) is 9.59 Å². The van der Waals surface area contributed by atoms with Crippen LogP contribution in [-0.2, 0) is 0 Å². The summed E-state index contributed by atoms with van der Waals surface area (Å²) in [5.74, 6) is 0. The average Bonchev–Trinajstić information content (AvgIpc) is 2.38. The second-order valence-electron chi connectivity index (χ2n) is 3.66. The highest BCUT2D eigenvalue weighted by atomic mass is 35.5. The van der Waals surface area contributed by atoms with Crippen LogP contribution >= 0.6 is 23.6 Å². The number of benzene rings is 1. The van der Waals surface area contributed by atoms with Gasteiger partial charge in [0.2, 0.25) is 0 Å². The molecule has 1 aromatic heterocycles. The monoisotopic (exact) mass is 284 g/mol. The van der Waals surface area contributed by atoms with Crippen LogP contribution in [0.5, 0.6) is 0 Å². The molecule has 0 unspecified atom stereocenters. The van der Waals surface area contributed by atoms with E-state index >= 15 is 0 Å². The molecular formula is C10H6Cl2N4O2. The second-order valence-corrected chi connectivity index (χ2v) is 4.33. The van der Waals surface area contributed by atoms with Crippen molar-refractivity contribution in [2.45, 2.75) is 0 Å². The maximum Gasteiger partial charge on any atom is 0.290 e. The van der Waals surface area contributed by atoms with Gasteiger partial charge in [0, 0.05) is 23.6 Å². The lowest BCUT2D eigenvalue weighted by atomic mass is 10.2. The number of rotatable bonds is 0. The molecule has 0 spiro atoms. The number of aromatic amines is 2. The van der Waals surface area contributed by atoms with Gasteiger partial charge in [-0.1, -0.05) is 12.1 Å². The summed E-state index contributed by atoms with van der Waals surface area (Å²) in [5.41, 5.74) is -0.0155. The first kappa shape index (κ1) is 11.2. The van der Waals surface area contributed by atoms with E-state index in [0.29, 0.717) is 11.4 Å². The molecule has 6 nitrogen and oxygen atoms in total. The van der Waals surface area contributed by atoms with E-state index in [1.165, 1.54) is 0 Å². The summed E-state index contributed by atoms with van der Waals surface area (Å²) in [7, 11) is 0. The summed E-state index contributed by atoms with van der Waals surface area (Å²) in [5, 5.41) is 4.41. The van der Waals surface area contributed by atoms with Crippen LogP contribution in [0.1, 0.15) is 0 Å². The van der Waals surface area contributed by atoms with Gasteiger partial charge in [0.1, 0.15) is 0 Å². The van der Waals surface area contributed by atoms with Crippen LogP contribution in [0.2, 0.25) is 0 Å². The smallest absolute Gasteiger partial charge is 0.266 e. The molecule has 0 saturated carbocycles. The number of H-pyrrole nitrogens is 2. The molecule has 92 valence electrons. The largest absolute Gasteiger partial charge is 0.290 e. The van der Waals surface area contributed by atoms with E-state index < -0.39 is 11.1 Å². The highest BCUT2D eigenvalue weighted by Gasteiger charge is 2.31. The molecular weight excluding hydrogens is 279 g/mol. The lowest BCUT2D eigenvalue weighted by Gasteiger charge is -2.30. The number of para-hydroxylation sites is 2. The number of nitrogens with one attached hydrogen (secondary N) is 2. The Kier molecular flexibility index (Phi) is 2.36. The van der Waals surface area contributed by atoms with Crippen LogP contribution in [0, 0.1) is 0 Å². The van der Waals surface area contributed by atoms with E-state index in [1.54, 1.807) is 24.3 Å². The van der Waals surface area contributed by atoms with E-state index in [-0.39, 0.29) is 11.4 Å². The van der Waals surface area contributed by atoms with Gasteiger partial charge in [-0.15, -0.1) is 0 Å². The summed E-state index contributed by atoms with van der Waals surface area (Å²) in [6.45, 7) is 0. The number of hydrogen-bond acceptors (Lipinski definition) is 4. The number of aromatic nitrogens is 2. The van der Waals surface area contributed by atoms with E-state index in [2.05, 4.69) is 10.2 Å². The van der Waals surface area contributed by atoms with Crippen molar-refractivity contribution >= 4 is 46.3 Å². The maximum absolute atomic E-state index is 11.7. The Labute approximate surface area is 111 Å². The van der Waals surface area contributed by atoms with Crippen molar-refractivity contribution in [2.75, 3.05) is 8.84 Å². The van der Waals surface area contributed by atoms with Gasteiger partial charge in [-0.25, -0.2) is 8.84 Å². The fourth-order valence-corrected chi connectivity index (χ4v) is 2.45. The molecule has 8 heteroatoms. The van der Waals surface area contributed by atoms with E-state index in [0.717, 1.165) is 8.84 Å². The number of anilines is 4. The van der Waals surface area contributed by atoms with Crippen LogP contribution in [0.3, 0.4) is 0 Å². The van der Waals surface area contributed by atoms with Crippen LogP contribution in [0.15, 0.2) is 33.9 Å². The minimum Gasteiger partial charge on any atom is -0.266 e. The zero-order valence-corrected chi connectivity index (χ0v) is 10.3. The van der Waals surface area contributed by atoms with Crippen LogP contribution in [0.4, 0.5) is 22.7 Å². The van der Waals surface area contributed by atoms with Gasteiger partial charge >= 0.3 is 0 Å². The third-order valence-electron chi connectivity index (χ3n) is 2.64. The molecule has 2 aromatic rings. The van der Waals surface area contributed by atoms with Crippen molar-refractivity contribution in [3.63, 3.8) is 0 Å². The topological polar surface area (TPSA) is 72.2 Å². The first-order chi connectivity index (χ1) is 8.61. The molecule has 1 aromatic carbocycles. The first-order valence-corrected chi connectivity index (χ1v) is 5.64. The molecule has 0 bridgehead atoms. The van der Waals surface area contributed by atoms with Crippen molar-refractivity contribution in [2.24, 2.45) is 0 Å². The maximum atomic E-state index is 11.7. The standard InChI is InChI=1S/C10H6Cl2N4O2/c11-15-5-3-1-2-4-6(5)16(12)8-7(15)9(17)13-14-10(8)18/h1-4H,(H,13,17)(H,14,18). The van der Waals surface area contributed by atoms with Gasteiger partial charge in [-0.2, -0.15) is 0 Å². The minimum absolute atomic E-state index is 0.00545. The lowest BCUT2D eigenvalue weighted by Crippen LogP contribution is -2.32. The fraction of sp³-hybridized carbons (Fsp3) is 0. The number of hydrogen-bond donors (Lipinski definition) is 2. The molecule has 0 aliphatic carbocycles. The van der Waals surface area contributed by atoms with Gasteiger partial charge in [0.15, 0.2) is 11.4 Å². The summed E-state index contributed by atoms with van der Waals surface area (Å²) >= 11 is 12.2. The van der Waals surface area contributed by atoms with Crippen molar-refractivity contribution in [3.05, 3.63) is 45.0 Å². The van der Waals surface area contributed by atoms with Crippen molar-refractivity contribution in [3.8, 4) is 0 Å². The SMILES string of the molecule is O=c1[nH][nH]c(=O)c2c1N(Cl)c1ccccc1N2Cl. The van der Waals surface area contributed by atoms with Crippen molar-refractivity contribution in [1.82, 2.24) is 10.2 Å². The van der Waals surface area contributed by atoms with Gasteiger partial charge in [0.25, 0.3) is 11.1 Å². The first-order valence-electron chi connectivity index (χ1n) is 4.97. The Bertz CT molecular complexity index is 677. The van der Waals surface area contributed by atoms with Gasteiger partial charge in [-0.3, -0.25) is 19.8 Å². The zero-order valence-electron chi connectivity index (χ0n) is 8.78. The highest BCUT2D eigenvalue weighted by molar-refractivity contribution is 6.37. The summed E-state index contributed by atoms with van der Waals surface area (Å²) in [4.78, 5) is 23.5. The van der Waals surface area contributed by atoms with Crippen LogP contribution in [0.25, 0.3) is 0 Å². The predicted molar refractivity (Wildman–Crippen MR) is 70.1 cm³/mol. The molecule has 0 radical (unpaired) electrons. The van der Waals surface area contributed by atoms with Gasteiger partial charge in [0.05, 0.1) is 11.4 Å². The van der Waals surface area contributed by atoms with Crippen LogP contribution in [-0.4, -0.2) is 10.2 Å². The predicted octanol–water partition coefficient (Wildman–Crippen LogP) is 1.96. The molecule has 0 amide bonds. The Morgan fingerprint density at radius 2 is 1.22 bits per heavy atom. The van der Waals surface area contributed by atoms with Gasteiger partial charge < -0.3 is 0 Å². The molecule has 1 aliphatic heterocycles. The molecule has 0 atom stereocenters. The molecule has 3 rings (SSSR count). The number of halogens is 2. The fourth-order valence-electron chi connectivity index (χ4n) is 1.85. The summed E-state index contributed by atoms with van der Waals surface area (Å²) < 4.78 is 2.25. The van der Waals surface area contributed by atoms with E-state index in [4.69, 9.17) is 23.6 Å². The van der Waals surface area contributed by atoms with E-state index in [1.807, 2.05) is 0 Å². The molecule has 0 fully saturated rings. The number of nitrogens with zero attached hydrogens (tertiary/aromatic N) is 2.